The summed E-state index contributed by atoms with van der Waals surface area (Å²) in [6.45, 7) is 0. The van der Waals surface area contributed by atoms with E-state index in [0.29, 0.717) is 5.69 Å². The van der Waals surface area contributed by atoms with Crippen molar-refractivity contribution in [2.75, 3.05) is 5.73 Å². The van der Waals surface area contributed by atoms with E-state index in [1.54, 1.807) is 12.1 Å². The molecule has 0 aromatic heterocycles. The first-order chi connectivity index (χ1) is 5.74. The molecule has 0 aliphatic heterocycles. The monoisotopic (exact) mass is 225 g/mol. The molecular weight excluding hydrogens is 218 g/mol. The number of benzene rings is 1. The van der Waals surface area contributed by atoms with Gasteiger partial charge in [0.1, 0.15) is 6.29 Å². The van der Waals surface area contributed by atoms with Crippen LogP contribution in [0.5, 0.6) is 0 Å². The average molecular weight is 226 g/mol. The zero-order valence-corrected chi connectivity index (χ0v) is 7.91. The summed E-state index contributed by atoms with van der Waals surface area (Å²) < 4.78 is 0.947. The van der Waals surface area contributed by atoms with Crippen LogP contribution in [0.1, 0.15) is 5.56 Å². The Bertz CT molecular complexity index is 320. The second kappa shape index (κ2) is 4.07. The van der Waals surface area contributed by atoms with Gasteiger partial charge in [0.25, 0.3) is 0 Å². The number of carbonyl (C=O) groups excluding carboxylic acids is 1. The first-order valence-corrected chi connectivity index (χ1v) is 4.20. The molecule has 0 amide bonds. The third-order valence-corrected chi connectivity index (χ3v) is 1.90. The quantitative estimate of drug-likeness (QED) is 0.477. The summed E-state index contributed by atoms with van der Waals surface area (Å²) in [6, 6.07) is 5.50. The Kier molecular flexibility index (Phi) is 3.05. The van der Waals surface area contributed by atoms with E-state index in [9.17, 15) is 4.79 Å². The highest BCUT2D eigenvalue weighted by atomic mass is 79.9. The number of allylic oxidation sites excluding steroid dienone is 1. The minimum Gasteiger partial charge on any atom is -0.398 e. The van der Waals surface area contributed by atoms with E-state index in [0.717, 1.165) is 16.3 Å². The van der Waals surface area contributed by atoms with Crippen LogP contribution in [-0.4, -0.2) is 6.29 Å². The topological polar surface area (TPSA) is 43.1 Å². The third kappa shape index (κ3) is 2.20. The lowest BCUT2D eigenvalue weighted by Gasteiger charge is -1.99. The lowest BCUT2D eigenvalue weighted by Crippen LogP contribution is -1.88. The van der Waals surface area contributed by atoms with Gasteiger partial charge in [-0.15, -0.1) is 0 Å². The van der Waals surface area contributed by atoms with Gasteiger partial charge in [0, 0.05) is 10.2 Å². The number of anilines is 1. The van der Waals surface area contributed by atoms with E-state index in [1.807, 2.05) is 12.1 Å². The summed E-state index contributed by atoms with van der Waals surface area (Å²) in [5, 5.41) is 0. The van der Waals surface area contributed by atoms with Gasteiger partial charge in [-0.1, -0.05) is 15.9 Å². The van der Waals surface area contributed by atoms with E-state index in [1.165, 1.54) is 6.08 Å². The molecule has 12 heavy (non-hydrogen) atoms. The van der Waals surface area contributed by atoms with Crippen LogP contribution >= 0.6 is 15.9 Å². The number of hydrogen-bond donors (Lipinski definition) is 1. The molecule has 0 heterocycles. The van der Waals surface area contributed by atoms with E-state index in [2.05, 4.69) is 15.9 Å². The predicted octanol–water partition coefficient (Wildman–Crippen LogP) is 2.24. The molecule has 0 spiro atoms. The van der Waals surface area contributed by atoms with Gasteiger partial charge >= 0.3 is 0 Å². The average Bonchev–Trinajstić information content (AvgIpc) is 2.07. The van der Waals surface area contributed by atoms with Crippen molar-refractivity contribution in [3.63, 3.8) is 0 Å². The zero-order chi connectivity index (χ0) is 8.97. The molecule has 1 aromatic rings. The number of rotatable bonds is 2. The van der Waals surface area contributed by atoms with Gasteiger partial charge in [-0.2, -0.15) is 0 Å². The summed E-state index contributed by atoms with van der Waals surface area (Å²) in [5.41, 5.74) is 7.15. The Balaban J connectivity index is 3.04. The molecule has 0 saturated heterocycles. The van der Waals surface area contributed by atoms with Crippen LogP contribution in [0.2, 0.25) is 0 Å². The maximum Gasteiger partial charge on any atom is 0.142 e. The summed E-state index contributed by atoms with van der Waals surface area (Å²) in [5.74, 6) is 0. The number of hydrogen-bond acceptors (Lipinski definition) is 2. The number of halogens is 1. The largest absolute Gasteiger partial charge is 0.398 e. The highest BCUT2D eigenvalue weighted by Crippen LogP contribution is 2.19. The minimum atomic E-state index is 0.663. The van der Waals surface area contributed by atoms with Crippen molar-refractivity contribution < 1.29 is 4.79 Å². The van der Waals surface area contributed by atoms with E-state index in [-0.39, 0.29) is 0 Å². The summed E-state index contributed by atoms with van der Waals surface area (Å²) in [4.78, 5) is 10.0. The van der Waals surface area contributed by atoms with E-state index < -0.39 is 0 Å². The Hall–Kier alpha value is -1.09. The number of nitrogen functional groups attached to an aromatic ring is 1. The van der Waals surface area contributed by atoms with Gasteiger partial charge in [0.05, 0.1) is 0 Å². The van der Waals surface area contributed by atoms with Gasteiger partial charge in [-0.25, -0.2) is 0 Å². The lowest BCUT2D eigenvalue weighted by molar-refractivity contribution is -0.104. The molecule has 1 aromatic carbocycles. The van der Waals surface area contributed by atoms with Gasteiger partial charge in [-0.3, -0.25) is 4.79 Å². The molecular formula is C9H8BrNO. The standard InChI is InChI=1S/C9H8BrNO/c10-8-3-4-9(11)7(6-8)2-1-5-12/h1-6H,11H2. The van der Waals surface area contributed by atoms with Crippen LogP contribution in [0.25, 0.3) is 6.08 Å². The maximum absolute atomic E-state index is 10.0. The summed E-state index contributed by atoms with van der Waals surface area (Å²) in [6.07, 6.45) is 3.81. The van der Waals surface area contributed by atoms with Crippen LogP contribution in [-0.2, 0) is 4.79 Å². The number of nitrogens with two attached hydrogens (primary N) is 1. The molecule has 0 fully saturated rings. The van der Waals surface area contributed by atoms with Crippen molar-refractivity contribution in [3.05, 3.63) is 34.3 Å². The fourth-order valence-electron chi connectivity index (χ4n) is 0.833. The van der Waals surface area contributed by atoms with Crippen LogP contribution in [0.4, 0.5) is 5.69 Å². The maximum atomic E-state index is 10.0. The van der Waals surface area contributed by atoms with Gasteiger partial charge in [0.2, 0.25) is 0 Å². The van der Waals surface area contributed by atoms with Crippen LogP contribution < -0.4 is 5.73 Å². The second-order valence-electron chi connectivity index (χ2n) is 2.27. The first-order valence-electron chi connectivity index (χ1n) is 3.41. The Morgan fingerprint density at radius 2 is 2.17 bits per heavy atom. The summed E-state index contributed by atoms with van der Waals surface area (Å²) >= 11 is 3.31. The van der Waals surface area contributed by atoms with Gasteiger partial charge in [-0.05, 0) is 35.9 Å². The third-order valence-electron chi connectivity index (χ3n) is 1.40. The van der Waals surface area contributed by atoms with Crippen molar-refractivity contribution in [3.8, 4) is 0 Å². The Morgan fingerprint density at radius 3 is 2.83 bits per heavy atom. The van der Waals surface area contributed by atoms with Gasteiger partial charge in [0.15, 0.2) is 0 Å². The molecule has 2 nitrogen and oxygen atoms in total. The van der Waals surface area contributed by atoms with Crippen LogP contribution in [0, 0.1) is 0 Å². The molecule has 0 aliphatic rings. The molecule has 62 valence electrons. The van der Waals surface area contributed by atoms with Gasteiger partial charge < -0.3 is 5.73 Å². The lowest BCUT2D eigenvalue weighted by atomic mass is 10.2. The molecule has 1 rings (SSSR count). The van der Waals surface area contributed by atoms with Crippen molar-refractivity contribution in [1.82, 2.24) is 0 Å². The Labute approximate surface area is 79.2 Å². The second-order valence-corrected chi connectivity index (χ2v) is 3.18. The smallest absolute Gasteiger partial charge is 0.142 e. The summed E-state index contributed by atoms with van der Waals surface area (Å²) in [7, 11) is 0. The molecule has 0 unspecified atom stereocenters. The molecule has 0 bridgehead atoms. The molecule has 0 atom stereocenters. The van der Waals surface area contributed by atoms with Crippen LogP contribution in [0.15, 0.2) is 28.7 Å². The normalized spacial score (nSPS) is 10.4. The SMILES string of the molecule is Nc1ccc(Br)cc1C=CC=O. The fourth-order valence-corrected chi connectivity index (χ4v) is 1.21. The Morgan fingerprint density at radius 1 is 1.42 bits per heavy atom. The fraction of sp³-hybridized carbons (Fsp3) is 0. The molecule has 2 N–H and O–H groups in total. The van der Waals surface area contributed by atoms with Crippen molar-refractivity contribution in [1.29, 1.82) is 0 Å². The molecule has 0 aliphatic carbocycles. The molecule has 0 saturated carbocycles. The minimum absolute atomic E-state index is 0.663. The van der Waals surface area contributed by atoms with Crippen molar-refractivity contribution in [2.24, 2.45) is 0 Å². The van der Waals surface area contributed by atoms with E-state index >= 15 is 0 Å². The highest BCUT2D eigenvalue weighted by Gasteiger charge is 1.94. The number of carbonyl (C=O) groups is 1. The predicted molar refractivity (Wildman–Crippen MR) is 53.7 cm³/mol. The van der Waals surface area contributed by atoms with E-state index in [4.69, 9.17) is 5.73 Å². The van der Waals surface area contributed by atoms with Crippen molar-refractivity contribution in [2.45, 2.75) is 0 Å². The highest BCUT2D eigenvalue weighted by molar-refractivity contribution is 9.10. The molecule has 0 radical (unpaired) electrons. The van der Waals surface area contributed by atoms with Crippen LogP contribution in [0.3, 0.4) is 0 Å². The van der Waals surface area contributed by atoms with Crippen molar-refractivity contribution >= 4 is 34.0 Å². The number of aldehydes is 1. The first kappa shape index (κ1) is 9.00. The molecule has 3 heteroatoms. The zero-order valence-electron chi connectivity index (χ0n) is 6.33.